The molecule has 0 aliphatic heterocycles. The first-order chi connectivity index (χ1) is 10.7. The molecule has 23 heavy (non-hydrogen) atoms. The molecule has 0 aliphatic rings. The van der Waals surface area contributed by atoms with E-state index in [1.54, 1.807) is 12.1 Å². The lowest BCUT2D eigenvalue weighted by Crippen LogP contribution is -2.56. The van der Waals surface area contributed by atoms with Crippen molar-refractivity contribution in [3.8, 4) is 0 Å². The van der Waals surface area contributed by atoms with Crippen molar-refractivity contribution >= 4 is 12.1 Å². The number of hydrogen-bond acceptors (Lipinski definition) is 6. The molecule has 0 unspecified atom stereocenters. The molecule has 1 aromatic carbocycles. The highest BCUT2D eigenvalue weighted by molar-refractivity contribution is 5.82. The third-order valence-electron chi connectivity index (χ3n) is 2.79. The first kappa shape index (κ1) is 18.9. The smallest absolute Gasteiger partial charge is 0.428 e. The van der Waals surface area contributed by atoms with Gasteiger partial charge in [-0.15, -0.1) is 0 Å². The van der Waals surface area contributed by atoms with E-state index in [1.807, 2.05) is 44.5 Å². The summed E-state index contributed by atoms with van der Waals surface area (Å²) in [6, 6.07) is 8.15. The Balaban J connectivity index is 2.42. The van der Waals surface area contributed by atoms with Gasteiger partial charge in [0, 0.05) is 5.54 Å². The lowest BCUT2D eigenvalue weighted by Gasteiger charge is -2.29. The van der Waals surface area contributed by atoms with Crippen molar-refractivity contribution in [2.24, 2.45) is 0 Å². The van der Waals surface area contributed by atoms with Gasteiger partial charge in [-0.25, -0.2) is 4.79 Å². The number of carbonyl (C=O) groups excluding carboxylic acids is 2. The van der Waals surface area contributed by atoms with E-state index in [0.29, 0.717) is 0 Å². The molecule has 0 spiro atoms. The standard InChI is InChI=1S/C16H24N2O5/c1-11(19)13(17-16(2,3)4)14(20)18-23-15(21)22-10-12-8-6-5-7-9-12/h5-9,11,13,17,19H,10H2,1-4H3,(H,18,20)/t11-,13+/m0/s1. The van der Waals surface area contributed by atoms with Crippen molar-refractivity contribution in [1.82, 2.24) is 10.8 Å². The molecule has 0 aromatic heterocycles. The summed E-state index contributed by atoms with van der Waals surface area (Å²) >= 11 is 0. The molecule has 3 N–H and O–H groups in total. The maximum atomic E-state index is 12.0. The van der Waals surface area contributed by atoms with Crippen LogP contribution in [0.4, 0.5) is 4.79 Å². The summed E-state index contributed by atoms with van der Waals surface area (Å²) in [5.74, 6) is -0.661. The van der Waals surface area contributed by atoms with Crippen LogP contribution in [-0.2, 0) is 21.0 Å². The predicted octanol–water partition coefficient (Wildman–Crippen LogP) is 1.51. The quantitative estimate of drug-likeness (QED) is 0.561. The Morgan fingerprint density at radius 3 is 2.35 bits per heavy atom. The predicted molar refractivity (Wildman–Crippen MR) is 84.2 cm³/mol. The molecule has 1 aromatic rings. The molecular weight excluding hydrogens is 300 g/mol. The third-order valence-corrected chi connectivity index (χ3v) is 2.79. The van der Waals surface area contributed by atoms with Crippen LogP contribution < -0.4 is 10.8 Å². The number of nitrogens with one attached hydrogen (secondary N) is 2. The fourth-order valence-electron chi connectivity index (χ4n) is 1.77. The van der Waals surface area contributed by atoms with E-state index >= 15 is 0 Å². The summed E-state index contributed by atoms with van der Waals surface area (Å²) in [5, 5.41) is 12.6. The second-order valence-electron chi connectivity index (χ2n) is 6.21. The van der Waals surface area contributed by atoms with Crippen LogP contribution in [0.1, 0.15) is 33.3 Å². The average Bonchev–Trinajstić information content (AvgIpc) is 2.48. The van der Waals surface area contributed by atoms with Gasteiger partial charge in [0.05, 0.1) is 6.10 Å². The van der Waals surface area contributed by atoms with Crippen molar-refractivity contribution in [3.05, 3.63) is 35.9 Å². The lowest BCUT2D eigenvalue weighted by molar-refractivity contribution is -0.136. The van der Waals surface area contributed by atoms with Gasteiger partial charge in [-0.3, -0.25) is 10.1 Å². The number of amides is 1. The Kier molecular flexibility index (Phi) is 6.99. The number of carbonyl (C=O) groups is 2. The highest BCUT2D eigenvalue weighted by atomic mass is 16.8. The molecule has 0 aliphatic carbocycles. The van der Waals surface area contributed by atoms with Crippen molar-refractivity contribution < 1.29 is 24.3 Å². The fourth-order valence-corrected chi connectivity index (χ4v) is 1.77. The van der Waals surface area contributed by atoms with Gasteiger partial charge >= 0.3 is 6.16 Å². The van der Waals surface area contributed by atoms with E-state index in [2.05, 4.69) is 10.2 Å². The van der Waals surface area contributed by atoms with Gasteiger partial charge in [-0.2, -0.15) is 5.48 Å². The summed E-state index contributed by atoms with van der Waals surface area (Å²) in [6.07, 6.45) is -1.99. The van der Waals surface area contributed by atoms with Gasteiger partial charge in [-0.1, -0.05) is 30.3 Å². The molecule has 7 nitrogen and oxygen atoms in total. The first-order valence-corrected chi connectivity index (χ1v) is 7.32. The highest BCUT2D eigenvalue weighted by Crippen LogP contribution is 2.05. The zero-order valence-corrected chi connectivity index (χ0v) is 13.8. The minimum atomic E-state index is -1.03. The second-order valence-corrected chi connectivity index (χ2v) is 6.21. The summed E-state index contributed by atoms with van der Waals surface area (Å²) in [4.78, 5) is 28.0. The number of hydroxylamine groups is 1. The van der Waals surface area contributed by atoms with E-state index < -0.39 is 29.7 Å². The number of benzene rings is 1. The monoisotopic (exact) mass is 324 g/mol. The van der Waals surface area contributed by atoms with Gasteiger partial charge in [0.2, 0.25) is 0 Å². The van der Waals surface area contributed by atoms with E-state index in [1.165, 1.54) is 6.92 Å². The Hall–Kier alpha value is -2.12. The summed E-state index contributed by atoms with van der Waals surface area (Å²) in [5.41, 5.74) is 2.39. The van der Waals surface area contributed by atoms with Gasteiger partial charge < -0.3 is 14.7 Å². The molecule has 0 saturated heterocycles. The summed E-state index contributed by atoms with van der Waals surface area (Å²) in [7, 11) is 0. The molecular formula is C16H24N2O5. The summed E-state index contributed by atoms with van der Waals surface area (Å²) < 4.78 is 4.86. The number of ether oxygens (including phenoxy) is 1. The van der Waals surface area contributed by atoms with Crippen molar-refractivity contribution in [2.45, 2.75) is 52.0 Å². The largest absolute Gasteiger partial charge is 0.533 e. The van der Waals surface area contributed by atoms with Gasteiger partial charge in [-0.05, 0) is 33.3 Å². The third kappa shape index (κ3) is 7.62. The van der Waals surface area contributed by atoms with Crippen molar-refractivity contribution in [2.75, 3.05) is 0 Å². The van der Waals surface area contributed by atoms with E-state index in [9.17, 15) is 14.7 Å². The maximum absolute atomic E-state index is 12.0. The lowest BCUT2D eigenvalue weighted by atomic mass is 10.0. The molecule has 0 radical (unpaired) electrons. The van der Waals surface area contributed by atoms with Crippen LogP contribution in [0.5, 0.6) is 0 Å². The molecule has 0 saturated carbocycles. The van der Waals surface area contributed by atoms with Crippen LogP contribution in [0, 0.1) is 0 Å². The maximum Gasteiger partial charge on any atom is 0.533 e. The zero-order valence-electron chi connectivity index (χ0n) is 13.8. The van der Waals surface area contributed by atoms with Crippen LogP contribution in [-0.4, -0.2) is 34.9 Å². The van der Waals surface area contributed by atoms with Crippen LogP contribution >= 0.6 is 0 Å². The molecule has 0 fully saturated rings. The molecule has 0 bridgehead atoms. The van der Waals surface area contributed by atoms with E-state index in [0.717, 1.165) is 5.56 Å². The van der Waals surface area contributed by atoms with E-state index in [-0.39, 0.29) is 6.61 Å². The Morgan fingerprint density at radius 1 is 1.22 bits per heavy atom. The number of aliphatic hydroxyl groups excluding tert-OH is 1. The minimum Gasteiger partial charge on any atom is -0.428 e. The molecule has 1 rings (SSSR count). The van der Waals surface area contributed by atoms with Gasteiger partial charge in [0.1, 0.15) is 12.6 Å². The molecule has 0 heterocycles. The minimum absolute atomic E-state index is 0.0373. The Morgan fingerprint density at radius 2 is 1.83 bits per heavy atom. The Bertz CT molecular complexity index is 511. The Labute approximate surface area is 135 Å². The fraction of sp³-hybridized carbons (Fsp3) is 0.500. The zero-order chi connectivity index (χ0) is 17.5. The van der Waals surface area contributed by atoms with Gasteiger partial charge in [0.25, 0.3) is 5.91 Å². The molecule has 7 heteroatoms. The molecule has 2 atom stereocenters. The molecule has 128 valence electrons. The molecule has 1 amide bonds. The highest BCUT2D eigenvalue weighted by Gasteiger charge is 2.28. The SMILES string of the molecule is C[C@H](O)[C@@H](NC(C)(C)C)C(=O)NOC(=O)OCc1ccccc1. The van der Waals surface area contributed by atoms with Crippen LogP contribution in [0.3, 0.4) is 0 Å². The summed E-state index contributed by atoms with van der Waals surface area (Å²) in [6.45, 7) is 7.06. The second kappa shape index (κ2) is 8.50. The topological polar surface area (TPSA) is 96.9 Å². The number of hydrogen-bond donors (Lipinski definition) is 3. The van der Waals surface area contributed by atoms with Crippen LogP contribution in [0.25, 0.3) is 0 Å². The number of aliphatic hydroxyl groups is 1. The van der Waals surface area contributed by atoms with Crippen LogP contribution in [0.15, 0.2) is 30.3 Å². The van der Waals surface area contributed by atoms with Gasteiger partial charge in [0.15, 0.2) is 0 Å². The van der Waals surface area contributed by atoms with Crippen LogP contribution in [0.2, 0.25) is 0 Å². The van der Waals surface area contributed by atoms with Crippen molar-refractivity contribution in [1.29, 1.82) is 0 Å². The average molecular weight is 324 g/mol. The van der Waals surface area contributed by atoms with Crippen molar-refractivity contribution in [3.63, 3.8) is 0 Å². The first-order valence-electron chi connectivity index (χ1n) is 7.32. The normalized spacial score (nSPS) is 13.8. The number of rotatable bonds is 5. The van der Waals surface area contributed by atoms with E-state index in [4.69, 9.17) is 4.74 Å².